The molecule has 0 radical (unpaired) electrons. The Morgan fingerprint density at radius 3 is 2.73 bits per heavy atom. The van der Waals surface area contributed by atoms with Crippen LogP contribution < -0.4 is 5.32 Å². The third kappa shape index (κ3) is 3.67. The quantitative estimate of drug-likeness (QED) is 0.892. The fourth-order valence-electron chi connectivity index (χ4n) is 1.44. The van der Waals surface area contributed by atoms with Crippen molar-refractivity contribution in [3.05, 3.63) is 34.3 Å². The average Bonchev–Trinajstić information content (AvgIpc) is 2.18. The summed E-state index contributed by atoms with van der Waals surface area (Å²) >= 11 is 3.47. The molecular formula is C12H16BrNO. The van der Waals surface area contributed by atoms with E-state index in [-0.39, 0.29) is 11.9 Å². The molecule has 0 bridgehead atoms. The van der Waals surface area contributed by atoms with E-state index in [0.717, 1.165) is 16.5 Å². The summed E-state index contributed by atoms with van der Waals surface area (Å²) in [4.78, 5) is 11.4. The van der Waals surface area contributed by atoms with Crippen molar-refractivity contribution in [3.8, 4) is 0 Å². The predicted molar refractivity (Wildman–Crippen MR) is 65.6 cm³/mol. The minimum Gasteiger partial charge on any atom is -0.350 e. The minimum atomic E-state index is 0.0552. The molecule has 0 spiro atoms. The minimum absolute atomic E-state index is 0.0552. The molecule has 0 saturated carbocycles. The van der Waals surface area contributed by atoms with Gasteiger partial charge < -0.3 is 5.32 Å². The van der Waals surface area contributed by atoms with E-state index in [2.05, 4.69) is 21.2 Å². The Morgan fingerprint density at radius 2 is 2.13 bits per heavy atom. The Morgan fingerprint density at radius 1 is 1.47 bits per heavy atom. The van der Waals surface area contributed by atoms with E-state index >= 15 is 0 Å². The summed E-state index contributed by atoms with van der Waals surface area (Å²) in [5, 5.41) is 2.97. The Hall–Kier alpha value is -0.830. The van der Waals surface area contributed by atoms with Crippen LogP contribution in [0.4, 0.5) is 0 Å². The van der Waals surface area contributed by atoms with Crippen molar-refractivity contribution in [1.82, 2.24) is 5.32 Å². The number of carbonyl (C=O) groups excluding carboxylic acids is 1. The lowest BCUT2D eigenvalue weighted by Gasteiger charge is -2.15. The van der Waals surface area contributed by atoms with Crippen LogP contribution in [0.2, 0.25) is 0 Å². The first kappa shape index (κ1) is 12.2. The first-order valence-electron chi connectivity index (χ1n) is 5.19. The molecule has 0 aliphatic carbocycles. The smallest absolute Gasteiger partial charge is 0.220 e. The van der Waals surface area contributed by atoms with Crippen LogP contribution in [0.1, 0.15) is 38.3 Å². The van der Waals surface area contributed by atoms with Crippen molar-refractivity contribution in [1.29, 1.82) is 0 Å². The monoisotopic (exact) mass is 269 g/mol. The molecule has 0 heterocycles. The molecule has 1 N–H and O–H groups in total. The van der Waals surface area contributed by atoms with Crippen LogP contribution >= 0.6 is 15.9 Å². The normalized spacial score (nSPS) is 12.2. The maximum Gasteiger partial charge on any atom is 0.220 e. The Kier molecular flexibility index (Phi) is 4.82. The van der Waals surface area contributed by atoms with Crippen LogP contribution in [0.15, 0.2) is 28.7 Å². The summed E-state index contributed by atoms with van der Waals surface area (Å²) in [6.07, 6.45) is 1.48. The highest BCUT2D eigenvalue weighted by molar-refractivity contribution is 9.10. The van der Waals surface area contributed by atoms with E-state index in [4.69, 9.17) is 0 Å². The van der Waals surface area contributed by atoms with Crippen molar-refractivity contribution in [2.75, 3.05) is 0 Å². The van der Waals surface area contributed by atoms with Gasteiger partial charge in [0.25, 0.3) is 0 Å². The zero-order chi connectivity index (χ0) is 11.3. The van der Waals surface area contributed by atoms with Crippen molar-refractivity contribution < 1.29 is 4.79 Å². The summed E-state index contributed by atoms with van der Waals surface area (Å²) in [6, 6.07) is 8.00. The zero-order valence-electron chi connectivity index (χ0n) is 9.09. The lowest BCUT2D eigenvalue weighted by molar-refractivity contribution is -0.121. The SMILES string of the molecule is CCCC(=O)N[C@H](C)c1ccccc1Br. The molecule has 0 aliphatic heterocycles. The topological polar surface area (TPSA) is 29.1 Å². The van der Waals surface area contributed by atoms with Crippen LogP contribution in [0.3, 0.4) is 0 Å². The van der Waals surface area contributed by atoms with Crippen molar-refractivity contribution in [2.45, 2.75) is 32.7 Å². The van der Waals surface area contributed by atoms with Crippen LogP contribution in [-0.2, 0) is 4.79 Å². The highest BCUT2D eigenvalue weighted by Crippen LogP contribution is 2.22. The molecule has 1 amide bonds. The maximum absolute atomic E-state index is 11.4. The fraction of sp³-hybridized carbons (Fsp3) is 0.417. The third-order valence-electron chi connectivity index (χ3n) is 2.23. The van der Waals surface area contributed by atoms with Gasteiger partial charge in [0.2, 0.25) is 5.91 Å². The number of carbonyl (C=O) groups is 1. The summed E-state index contributed by atoms with van der Waals surface area (Å²) in [5.74, 6) is 0.112. The van der Waals surface area contributed by atoms with Gasteiger partial charge in [0.15, 0.2) is 0 Å². The highest BCUT2D eigenvalue weighted by Gasteiger charge is 2.10. The van der Waals surface area contributed by atoms with E-state index < -0.39 is 0 Å². The van der Waals surface area contributed by atoms with Crippen LogP contribution in [0.5, 0.6) is 0 Å². The van der Waals surface area contributed by atoms with Gasteiger partial charge in [-0.15, -0.1) is 0 Å². The number of hydrogen-bond donors (Lipinski definition) is 1. The number of halogens is 1. The van der Waals surface area contributed by atoms with Gasteiger partial charge >= 0.3 is 0 Å². The third-order valence-corrected chi connectivity index (χ3v) is 2.95. The zero-order valence-corrected chi connectivity index (χ0v) is 10.7. The highest BCUT2D eigenvalue weighted by atomic mass is 79.9. The Bertz CT molecular complexity index is 338. The molecule has 1 aromatic rings. The van der Waals surface area contributed by atoms with Gasteiger partial charge in [-0.05, 0) is 25.0 Å². The molecule has 0 aliphatic rings. The van der Waals surface area contributed by atoms with Gasteiger partial charge in [-0.3, -0.25) is 4.79 Å². The van der Waals surface area contributed by atoms with Gasteiger partial charge in [-0.2, -0.15) is 0 Å². The first-order chi connectivity index (χ1) is 7.15. The fourth-order valence-corrected chi connectivity index (χ4v) is 2.07. The summed E-state index contributed by atoms with van der Waals surface area (Å²) in [6.45, 7) is 4.00. The second kappa shape index (κ2) is 5.91. The number of benzene rings is 1. The standard InChI is InChI=1S/C12H16BrNO/c1-3-6-12(15)14-9(2)10-7-4-5-8-11(10)13/h4-5,7-9H,3,6H2,1-2H3,(H,14,15)/t9-/m1/s1. The lowest BCUT2D eigenvalue weighted by atomic mass is 10.1. The Labute approximate surface area is 99.2 Å². The van der Waals surface area contributed by atoms with Crippen LogP contribution in [-0.4, -0.2) is 5.91 Å². The molecule has 2 nitrogen and oxygen atoms in total. The van der Waals surface area contributed by atoms with Crippen LogP contribution in [0, 0.1) is 0 Å². The summed E-state index contributed by atoms with van der Waals surface area (Å²) < 4.78 is 1.04. The molecule has 1 rings (SSSR count). The van der Waals surface area contributed by atoms with Gasteiger partial charge in [-0.1, -0.05) is 41.1 Å². The van der Waals surface area contributed by atoms with Crippen molar-refractivity contribution in [2.24, 2.45) is 0 Å². The molecule has 1 atom stereocenters. The van der Waals surface area contributed by atoms with E-state index in [1.165, 1.54) is 0 Å². The van der Waals surface area contributed by atoms with E-state index in [0.29, 0.717) is 6.42 Å². The van der Waals surface area contributed by atoms with E-state index in [9.17, 15) is 4.79 Å². The molecular weight excluding hydrogens is 254 g/mol. The molecule has 1 aromatic carbocycles. The van der Waals surface area contributed by atoms with Crippen molar-refractivity contribution >= 4 is 21.8 Å². The number of amides is 1. The largest absolute Gasteiger partial charge is 0.350 e. The second-order valence-corrected chi connectivity index (χ2v) is 4.42. The number of nitrogens with one attached hydrogen (secondary N) is 1. The van der Waals surface area contributed by atoms with E-state index in [1.807, 2.05) is 38.1 Å². The molecule has 0 aromatic heterocycles. The lowest BCUT2D eigenvalue weighted by Crippen LogP contribution is -2.26. The maximum atomic E-state index is 11.4. The number of rotatable bonds is 4. The van der Waals surface area contributed by atoms with Crippen LogP contribution in [0.25, 0.3) is 0 Å². The molecule has 15 heavy (non-hydrogen) atoms. The molecule has 82 valence electrons. The van der Waals surface area contributed by atoms with Gasteiger partial charge in [0, 0.05) is 10.9 Å². The average molecular weight is 270 g/mol. The molecule has 0 fully saturated rings. The van der Waals surface area contributed by atoms with Gasteiger partial charge in [0.1, 0.15) is 0 Å². The predicted octanol–water partition coefficient (Wildman–Crippen LogP) is 3.43. The molecule has 3 heteroatoms. The van der Waals surface area contributed by atoms with E-state index in [1.54, 1.807) is 0 Å². The molecule has 0 saturated heterocycles. The first-order valence-corrected chi connectivity index (χ1v) is 5.98. The summed E-state index contributed by atoms with van der Waals surface area (Å²) in [7, 11) is 0. The molecule has 0 unspecified atom stereocenters. The van der Waals surface area contributed by atoms with Crippen molar-refractivity contribution in [3.63, 3.8) is 0 Å². The Balaban J connectivity index is 2.65. The second-order valence-electron chi connectivity index (χ2n) is 3.56. The summed E-state index contributed by atoms with van der Waals surface area (Å²) in [5.41, 5.74) is 1.11. The van der Waals surface area contributed by atoms with Gasteiger partial charge in [-0.25, -0.2) is 0 Å². The van der Waals surface area contributed by atoms with Gasteiger partial charge in [0.05, 0.1) is 6.04 Å². The number of hydrogen-bond acceptors (Lipinski definition) is 1.